The zero-order chi connectivity index (χ0) is 13.8. The molecule has 1 saturated carbocycles. The van der Waals surface area contributed by atoms with Crippen molar-refractivity contribution in [2.75, 3.05) is 13.2 Å². The predicted molar refractivity (Wildman–Crippen MR) is 71.4 cm³/mol. The van der Waals surface area contributed by atoms with Crippen molar-refractivity contribution in [2.24, 2.45) is 11.3 Å². The summed E-state index contributed by atoms with van der Waals surface area (Å²) in [6.07, 6.45) is 3.90. The highest BCUT2D eigenvalue weighted by molar-refractivity contribution is 5.67. The molecule has 1 fully saturated rings. The van der Waals surface area contributed by atoms with E-state index in [9.17, 15) is 9.90 Å². The molecule has 0 spiro atoms. The number of aliphatic hydroxyl groups is 1. The highest BCUT2D eigenvalue weighted by Gasteiger charge is 2.44. The molecule has 1 unspecified atom stereocenters. The molecule has 0 heterocycles. The van der Waals surface area contributed by atoms with E-state index in [2.05, 4.69) is 12.2 Å². The quantitative estimate of drug-likeness (QED) is 0.769. The number of ether oxygens (including phenoxy) is 1. The van der Waals surface area contributed by atoms with Crippen LogP contribution in [0.25, 0.3) is 0 Å². The first kappa shape index (κ1) is 15.3. The van der Waals surface area contributed by atoms with E-state index < -0.39 is 11.7 Å². The lowest BCUT2D eigenvalue weighted by atomic mass is 9.79. The summed E-state index contributed by atoms with van der Waals surface area (Å²) >= 11 is 0. The van der Waals surface area contributed by atoms with E-state index >= 15 is 0 Å². The van der Waals surface area contributed by atoms with Crippen LogP contribution in [0.5, 0.6) is 0 Å². The lowest BCUT2D eigenvalue weighted by molar-refractivity contribution is 0.0424. The second-order valence-corrected chi connectivity index (χ2v) is 6.40. The lowest BCUT2D eigenvalue weighted by Crippen LogP contribution is -2.43. The normalized spacial score (nSPS) is 19.2. The van der Waals surface area contributed by atoms with E-state index in [0.29, 0.717) is 12.5 Å². The highest BCUT2D eigenvalue weighted by atomic mass is 16.6. The molecule has 4 heteroatoms. The van der Waals surface area contributed by atoms with Crippen molar-refractivity contribution in [2.45, 2.75) is 59.0 Å². The highest BCUT2D eigenvalue weighted by Crippen LogP contribution is 2.47. The molecule has 0 aromatic carbocycles. The van der Waals surface area contributed by atoms with E-state index in [1.165, 1.54) is 0 Å². The van der Waals surface area contributed by atoms with Gasteiger partial charge in [0.2, 0.25) is 0 Å². The van der Waals surface area contributed by atoms with Gasteiger partial charge in [-0.3, -0.25) is 0 Å². The smallest absolute Gasteiger partial charge is 0.407 e. The molecule has 1 aliphatic carbocycles. The molecule has 0 bridgehead atoms. The Hall–Kier alpha value is -0.770. The van der Waals surface area contributed by atoms with Gasteiger partial charge >= 0.3 is 6.09 Å². The second-order valence-electron chi connectivity index (χ2n) is 6.40. The minimum atomic E-state index is -0.476. The Morgan fingerprint density at radius 1 is 1.39 bits per heavy atom. The summed E-state index contributed by atoms with van der Waals surface area (Å²) in [4.78, 5) is 11.7. The summed E-state index contributed by atoms with van der Waals surface area (Å²) in [6.45, 7) is 8.30. The fourth-order valence-electron chi connectivity index (χ4n) is 2.46. The molecule has 4 nitrogen and oxygen atoms in total. The maximum Gasteiger partial charge on any atom is 0.407 e. The minimum absolute atomic E-state index is 0.140. The van der Waals surface area contributed by atoms with Gasteiger partial charge in [-0.1, -0.05) is 13.3 Å². The van der Waals surface area contributed by atoms with Crippen molar-refractivity contribution in [1.29, 1.82) is 0 Å². The van der Waals surface area contributed by atoms with Gasteiger partial charge in [-0.15, -0.1) is 0 Å². The molecular weight excluding hydrogens is 230 g/mol. The van der Waals surface area contributed by atoms with Crippen molar-refractivity contribution in [3.63, 3.8) is 0 Å². The molecule has 1 amide bonds. The molecule has 0 aromatic rings. The van der Waals surface area contributed by atoms with Crippen LogP contribution in [0.2, 0.25) is 0 Å². The molecule has 2 N–H and O–H groups in total. The molecular formula is C14H27NO3. The van der Waals surface area contributed by atoms with Crippen molar-refractivity contribution in [3.05, 3.63) is 0 Å². The van der Waals surface area contributed by atoms with Gasteiger partial charge in [0.1, 0.15) is 5.60 Å². The third kappa shape index (κ3) is 4.48. The topological polar surface area (TPSA) is 58.6 Å². The number of alkyl carbamates (subject to hydrolysis) is 1. The van der Waals surface area contributed by atoms with Gasteiger partial charge in [0.05, 0.1) is 6.61 Å². The Balaban J connectivity index is 2.49. The van der Waals surface area contributed by atoms with Crippen LogP contribution >= 0.6 is 0 Å². The van der Waals surface area contributed by atoms with E-state index in [4.69, 9.17) is 4.74 Å². The van der Waals surface area contributed by atoms with E-state index in [1.807, 2.05) is 20.8 Å². The Morgan fingerprint density at radius 2 is 2.00 bits per heavy atom. The average molecular weight is 257 g/mol. The van der Waals surface area contributed by atoms with Crippen LogP contribution in [-0.4, -0.2) is 30.0 Å². The molecule has 1 rings (SSSR count). The van der Waals surface area contributed by atoms with E-state index in [0.717, 1.165) is 25.7 Å². The molecule has 1 aliphatic rings. The van der Waals surface area contributed by atoms with Gasteiger partial charge in [0, 0.05) is 12.0 Å². The first-order chi connectivity index (χ1) is 8.33. The molecule has 106 valence electrons. The van der Waals surface area contributed by atoms with Gasteiger partial charge in [-0.05, 0) is 46.0 Å². The van der Waals surface area contributed by atoms with E-state index in [1.54, 1.807) is 0 Å². The van der Waals surface area contributed by atoms with Crippen LogP contribution in [0.15, 0.2) is 0 Å². The predicted octanol–water partition coefficient (Wildman–Crippen LogP) is 2.70. The minimum Gasteiger partial charge on any atom is -0.444 e. The molecule has 0 saturated heterocycles. The third-order valence-electron chi connectivity index (χ3n) is 3.49. The molecule has 0 aliphatic heterocycles. The fourth-order valence-corrected chi connectivity index (χ4v) is 2.46. The Labute approximate surface area is 110 Å². The summed E-state index contributed by atoms with van der Waals surface area (Å²) in [5.41, 5.74) is -0.623. The van der Waals surface area contributed by atoms with Crippen LogP contribution in [0, 0.1) is 11.3 Å². The SMILES string of the molecule is CCCC(CO)(CNC(=O)OC(C)(C)C)C1CC1. The Bertz CT molecular complexity index is 281. The summed E-state index contributed by atoms with van der Waals surface area (Å²) in [5.74, 6) is 0.553. The summed E-state index contributed by atoms with van der Waals surface area (Å²) in [6, 6.07) is 0. The van der Waals surface area contributed by atoms with Crippen LogP contribution in [0.4, 0.5) is 4.79 Å². The Kier molecular flexibility index (Phi) is 5.02. The van der Waals surface area contributed by atoms with Crippen LogP contribution in [-0.2, 0) is 4.74 Å². The first-order valence-corrected chi connectivity index (χ1v) is 6.91. The number of carbonyl (C=O) groups is 1. The van der Waals surface area contributed by atoms with Crippen molar-refractivity contribution in [1.82, 2.24) is 5.32 Å². The summed E-state index contributed by atoms with van der Waals surface area (Å²) < 4.78 is 5.22. The second kappa shape index (κ2) is 5.91. The first-order valence-electron chi connectivity index (χ1n) is 6.91. The Morgan fingerprint density at radius 3 is 2.39 bits per heavy atom. The average Bonchev–Trinajstić information content (AvgIpc) is 3.06. The molecule has 1 atom stereocenters. The monoisotopic (exact) mass is 257 g/mol. The maximum atomic E-state index is 11.7. The number of hydrogen-bond donors (Lipinski definition) is 2. The number of rotatable bonds is 6. The largest absolute Gasteiger partial charge is 0.444 e. The van der Waals surface area contributed by atoms with E-state index in [-0.39, 0.29) is 12.0 Å². The van der Waals surface area contributed by atoms with Gasteiger partial charge in [0.15, 0.2) is 0 Å². The number of amides is 1. The standard InChI is InChI=1S/C14H27NO3/c1-5-8-14(10-16,11-6-7-11)9-15-12(17)18-13(2,3)4/h11,16H,5-10H2,1-4H3,(H,15,17). The van der Waals surface area contributed by atoms with Crippen molar-refractivity contribution < 1.29 is 14.6 Å². The van der Waals surface area contributed by atoms with Crippen molar-refractivity contribution in [3.8, 4) is 0 Å². The molecule has 0 radical (unpaired) electrons. The summed E-state index contributed by atoms with van der Waals surface area (Å²) in [5, 5.41) is 12.5. The number of carbonyl (C=O) groups excluding carboxylic acids is 1. The number of hydrogen-bond acceptors (Lipinski definition) is 3. The van der Waals surface area contributed by atoms with Gasteiger partial charge in [0.25, 0.3) is 0 Å². The zero-order valence-corrected chi connectivity index (χ0v) is 12.1. The number of nitrogens with one attached hydrogen (secondary N) is 1. The van der Waals surface area contributed by atoms with Gasteiger partial charge in [-0.2, -0.15) is 0 Å². The molecule has 0 aromatic heterocycles. The third-order valence-corrected chi connectivity index (χ3v) is 3.49. The summed E-state index contributed by atoms with van der Waals surface area (Å²) in [7, 11) is 0. The van der Waals surface area contributed by atoms with Gasteiger partial charge in [-0.25, -0.2) is 4.79 Å². The van der Waals surface area contributed by atoms with Crippen LogP contribution < -0.4 is 5.32 Å². The molecule has 18 heavy (non-hydrogen) atoms. The fraction of sp³-hybridized carbons (Fsp3) is 0.929. The van der Waals surface area contributed by atoms with Gasteiger partial charge < -0.3 is 15.2 Å². The maximum absolute atomic E-state index is 11.7. The zero-order valence-electron chi connectivity index (χ0n) is 12.1. The number of aliphatic hydroxyl groups excluding tert-OH is 1. The van der Waals surface area contributed by atoms with Crippen molar-refractivity contribution >= 4 is 6.09 Å². The lowest BCUT2D eigenvalue weighted by Gasteiger charge is -2.32. The van der Waals surface area contributed by atoms with Crippen LogP contribution in [0.1, 0.15) is 53.4 Å². The van der Waals surface area contributed by atoms with Crippen LogP contribution in [0.3, 0.4) is 0 Å².